The molecule has 0 radical (unpaired) electrons. The number of hydrogen-bond acceptors (Lipinski definition) is 2. The van der Waals surface area contributed by atoms with E-state index in [1.54, 1.807) is 7.11 Å². The number of ether oxygens (including phenoxy) is 1. The van der Waals surface area contributed by atoms with Crippen molar-refractivity contribution in [3.05, 3.63) is 113 Å². The van der Waals surface area contributed by atoms with Crippen LogP contribution in [-0.2, 0) is 6.54 Å². The largest absolute Gasteiger partial charge is 0.497 e. The van der Waals surface area contributed by atoms with Crippen LogP contribution in [0.1, 0.15) is 22.9 Å². The number of carbonyl (C=O) groups excluding carboxylic acids is 1. The average Bonchev–Trinajstić information content (AvgIpc) is 3.25. The van der Waals surface area contributed by atoms with E-state index in [2.05, 4.69) is 28.1 Å². The fourth-order valence-electron chi connectivity index (χ4n) is 4.20. The van der Waals surface area contributed by atoms with E-state index in [0.29, 0.717) is 17.3 Å². The number of nitrogens with one attached hydrogen (secondary N) is 1. The lowest BCUT2D eigenvalue weighted by atomic mass is 10.0. The molecule has 1 atom stereocenters. The molecule has 0 saturated carbocycles. The predicted molar refractivity (Wildman–Crippen MR) is 127 cm³/mol. The van der Waals surface area contributed by atoms with Gasteiger partial charge in [0.2, 0.25) is 0 Å². The fraction of sp³-hybridized carbons (Fsp3) is 0.115. The number of aromatic nitrogens is 1. The molecule has 1 aromatic heterocycles. The quantitative estimate of drug-likeness (QED) is 0.405. The van der Waals surface area contributed by atoms with Gasteiger partial charge in [0.05, 0.1) is 25.4 Å². The maximum atomic E-state index is 13.6. The summed E-state index contributed by atoms with van der Waals surface area (Å²) in [5.41, 5.74) is 4.87. The van der Waals surface area contributed by atoms with Crippen LogP contribution in [0.2, 0.25) is 5.02 Å². The lowest BCUT2D eigenvalue weighted by Gasteiger charge is -2.31. The summed E-state index contributed by atoms with van der Waals surface area (Å²) in [6.07, 6.45) is 2.04. The Hall–Kier alpha value is -3.70. The van der Waals surface area contributed by atoms with Crippen LogP contribution in [0.25, 0.3) is 5.69 Å². The number of rotatable bonds is 3. The summed E-state index contributed by atoms with van der Waals surface area (Å²) in [5, 5.41) is 3.71. The number of benzene rings is 3. The van der Waals surface area contributed by atoms with Crippen molar-refractivity contribution in [2.45, 2.75) is 12.6 Å². The van der Waals surface area contributed by atoms with E-state index in [1.807, 2.05) is 77.8 Å². The molecule has 2 amide bonds. The molecule has 2 heterocycles. The molecule has 1 aliphatic rings. The summed E-state index contributed by atoms with van der Waals surface area (Å²) in [7, 11) is 1.62. The molecule has 1 N–H and O–H groups in total. The molecule has 1 aliphatic heterocycles. The third-order valence-electron chi connectivity index (χ3n) is 5.75. The van der Waals surface area contributed by atoms with Gasteiger partial charge in [-0.25, -0.2) is 4.79 Å². The second-order valence-corrected chi connectivity index (χ2v) is 8.11. The van der Waals surface area contributed by atoms with Crippen LogP contribution in [0.3, 0.4) is 0 Å². The summed E-state index contributed by atoms with van der Waals surface area (Å²) in [5.74, 6) is 0.739. The van der Waals surface area contributed by atoms with Crippen molar-refractivity contribution in [3.8, 4) is 11.4 Å². The van der Waals surface area contributed by atoms with Gasteiger partial charge in [-0.05, 0) is 65.7 Å². The zero-order valence-corrected chi connectivity index (χ0v) is 18.3. The highest BCUT2D eigenvalue weighted by atomic mass is 35.5. The Bertz CT molecular complexity index is 1250. The highest BCUT2D eigenvalue weighted by Gasteiger charge is 2.33. The number of halogens is 1. The van der Waals surface area contributed by atoms with Gasteiger partial charge in [0.15, 0.2) is 0 Å². The topological polar surface area (TPSA) is 46.5 Å². The molecule has 160 valence electrons. The van der Waals surface area contributed by atoms with E-state index in [9.17, 15) is 4.79 Å². The first-order valence-corrected chi connectivity index (χ1v) is 10.7. The van der Waals surface area contributed by atoms with Crippen LogP contribution in [-0.4, -0.2) is 22.6 Å². The summed E-state index contributed by atoms with van der Waals surface area (Å²) >= 11 is 6.16. The van der Waals surface area contributed by atoms with E-state index < -0.39 is 0 Å². The Kier molecular flexibility index (Phi) is 5.33. The zero-order chi connectivity index (χ0) is 22.1. The van der Waals surface area contributed by atoms with Crippen molar-refractivity contribution in [2.24, 2.45) is 0 Å². The van der Waals surface area contributed by atoms with Crippen molar-refractivity contribution < 1.29 is 9.53 Å². The first kappa shape index (κ1) is 20.2. The van der Waals surface area contributed by atoms with Gasteiger partial charge >= 0.3 is 6.03 Å². The normalized spacial score (nSPS) is 14.8. The van der Waals surface area contributed by atoms with Crippen LogP contribution in [0.15, 0.2) is 91.1 Å². The van der Waals surface area contributed by atoms with Gasteiger partial charge in [0.1, 0.15) is 5.75 Å². The van der Waals surface area contributed by atoms with Gasteiger partial charge in [-0.15, -0.1) is 0 Å². The Morgan fingerprint density at radius 1 is 0.969 bits per heavy atom. The van der Waals surface area contributed by atoms with Crippen LogP contribution >= 0.6 is 11.6 Å². The SMILES string of the molecule is COc1ccc(NC(=O)N2Cc3ccccc3-n3cccc3C2c2ccc(Cl)cc2)cc1. The Morgan fingerprint density at radius 3 is 2.47 bits per heavy atom. The summed E-state index contributed by atoms with van der Waals surface area (Å²) in [6, 6.07) is 26.8. The Morgan fingerprint density at radius 2 is 1.72 bits per heavy atom. The summed E-state index contributed by atoms with van der Waals surface area (Å²) < 4.78 is 7.39. The Labute approximate surface area is 191 Å². The molecule has 0 saturated heterocycles. The minimum Gasteiger partial charge on any atom is -0.497 e. The lowest BCUT2D eigenvalue weighted by Crippen LogP contribution is -2.37. The number of methoxy groups -OCH3 is 1. The molecule has 0 spiro atoms. The Balaban J connectivity index is 1.59. The van der Waals surface area contributed by atoms with Crippen molar-refractivity contribution in [1.29, 1.82) is 0 Å². The van der Waals surface area contributed by atoms with Gasteiger partial charge < -0.3 is 19.5 Å². The smallest absolute Gasteiger partial charge is 0.322 e. The number of fused-ring (bicyclic) bond motifs is 3. The van der Waals surface area contributed by atoms with Crippen molar-refractivity contribution in [3.63, 3.8) is 0 Å². The van der Waals surface area contributed by atoms with Crippen LogP contribution in [0.4, 0.5) is 10.5 Å². The maximum Gasteiger partial charge on any atom is 0.322 e. The molecule has 0 bridgehead atoms. The van der Waals surface area contributed by atoms with Gasteiger partial charge in [0, 0.05) is 22.6 Å². The molecule has 1 unspecified atom stereocenters. The van der Waals surface area contributed by atoms with Crippen LogP contribution in [0.5, 0.6) is 5.75 Å². The number of para-hydroxylation sites is 1. The molecular formula is C26H22ClN3O2. The number of nitrogens with zero attached hydrogens (tertiary/aromatic N) is 2. The second kappa shape index (κ2) is 8.44. The summed E-state index contributed by atoms with van der Waals surface area (Å²) in [4.78, 5) is 15.5. The minimum absolute atomic E-state index is 0.181. The van der Waals surface area contributed by atoms with Crippen molar-refractivity contribution in [2.75, 3.05) is 12.4 Å². The highest BCUT2D eigenvalue weighted by molar-refractivity contribution is 6.30. The van der Waals surface area contributed by atoms with E-state index >= 15 is 0 Å². The van der Waals surface area contributed by atoms with Crippen molar-refractivity contribution >= 4 is 23.3 Å². The molecule has 3 aromatic carbocycles. The maximum absolute atomic E-state index is 13.6. The average molecular weight is 444 g/mol. The molecule has 0 aliphatic carbocycles. The first-order chi connectivity index (χ1) is 15.6. The predicted octanol–water partition coefficient (Wildman–Crippen LogP) is 6.28. The highest BCUT2D eigenvalue weighted by Crippen LogP contribution is 2.37. The first-order valence-electron chi connectivity index (χ1n) is 10.4. The zero-order valence-electron chi connectivity index (χ0n) is 17.5. The van der Waals surface area contributed by atoms with E-state index in [4.69, 9.17) is 16.3 Å². The van der Waals surface area contributed by atoms with Crippen molar-refractivity contribution in [1.82, 2.24) is 9.47 Å². The lowest BCUT2D eigenvalue weighted by molar-refractivity contribution is 0.194. The molecule has 0 fully saturated rings. The monoisotopic (exact) mass is 443 g/mol. The van der Waals surface area contributed by atoms with Gasteiger partial charge in [-0.3, -0.25) is 0 Å². The van der Waals surface area contributed by atoms with Gasteiger partial charge in [0.25, 0.3) is 0 Å². The number of carbonyl (C=O) groups is 1. The van der Waals surface area contributed by atoms with Gasteiger partial charge in [-0.2, -0.15) is 0 Å². The number of anilines is 1. The minimum atomic E-state index is -0.284. The fourth-order valence-corrected chi connectivity index (χ4v) is 4.33. The molecule has 32 heavy (non-hydrogen) atoms. The standard InChI is InChI=1S/C26H22ClN3O2/c1-32-22-14-12-21(13-15-22)28-26(31)30-17-19-5-2-3-6-23(19)29-16-4-7-24(29)25(30)18-8-10-20(27)11-9-18/h2-16,25H,17H2,1H3,(H,28,31). The molecular weight excluding hydrogens is 422 g/mol. The van der Waals surface area contributed by atoms with Gasteiger partial charge in [-0.1, -0.05) is 41.9 Å². The molecule has 5 nitrogen and oxygen atoms in total. The third kappa shape index (κ3) is 3.72. The number of amides is 2. The van der Waals surface area contributed by atoms with E-state index in [-0.39, 0.29) is 12.1 Å². The van der Waals surface area contributed by atoms with E-state index in [1.165, 1.54) is 0 Å². The molecule has 5 rings (SSSR count). The summed E-state index contributed by atoms with van der Waals surface area (Å²) in [6.45, 7) is 0.465. The molecule has 6 heteroatoms. The van der Waals surface area contributed by atoms with E-state index in [0.717, 1.165) is 28.3 Å². The second-order valence-electron chi connectivity index (χ2n) is 7.67. The molecule has 4 aromatic rings. The third-order valence-corrected chi connectivity index (χ3v) is 6.00. The van der Waals surface area contributed by atoms with Crippen LogP contribution in [0, 0.1) is 0 Å². The number of hydrogen-bond donors (Lipinski definition) is 1. The number of urea groups is 1. The van der Waals surface area contributed by atoms with Crippen LogP contribution < -0.4 is 10.1 Å².